The number of nitrogens with zero attached hydrogens (tertiary/aromatic N) is 4. The molecule has 0 saturated carbocycles. The van der Waals surface area contributed by atoms with Crippen LogP contribution in [0.3, 0.4) is 0 Å². The van der Waals surface area contributed by atoms with E-state index in [-0.39, 0.29) is 5.56 Å². The highest BCUT2D eigenvalue weighted by Gasteiger charge is 2.22. The van der Waals surface area contributed by atoms with Crippen molar-refractivity contribution in [3.8, 4) is 0 Å². The predicted octanol–water partition coefficient (Wildman–Crippen LogP) is 1.94. The van der Waals surface area contributed by atoms with E-state index in [2.05, 4.69) is 28.8 Å². The van der Waals surface area contributed by atoms with Crippen LogP contribution in [-0.2, 0) is 6.54 Å². The fourth-order valence-corrected chi connectivity index (χ4v) is 4.12. The second-order valence-corrected chi connectivity index (χ2v) is 7.11. The van der Waals surface area contributed by atoms with Crippen LogP contribution in [0.5, 0.6) is 0 Å². The topological polar surface area (TPSA) is 50.5 Å². The SMILES string of the molecule is Cc1cc(=O)n2nc(CN3C[C@H](C)C[C@@H](C)C3)sc2n1. The molecule has 3 heterocycles. The Morgan fingerprint density at radius 3 is 2.75 bits per heavy atom. The number of piperidine rings is 1. The molecule has 1 aliphatic heterocycles. The van der Waals surface area contributed by atoms with E-state index in [1.54, 1.807) is 0 Å². The van der Waals surface area contributed by atoms with Crippen molar-refractivity contribution in [3.63, 3.8) is 0 Å². The molecule has 2 aromatic rings. The van der Waals surface area contributed by atoms with Crippen molar-refractivity contribution in [1.82, 2.24) is 19.5 Å². The van der Waals surface area contributed by atoms with Crippen LogP contribution in [0.1, 0.15) is 31.0 Å². The van der Waals surface area contributed by atoms with Crippen LogP contribution < -0.4 is 5.56 Å². The number of aryl methyl sites for hydroxylation is 1. The largest absolute Gasteiger partial charge is 0.296 e. The van der Waals surface area contributed by atoms with Crippen molar-refractivity contribution in [2.45, 2.75) is 33.7 Å². The van der Waals surface area contributed by atoms with Crippen molar-refractivity contribution in [2.24, 2.45) is 11.8 Å². The monoisotopic (exact) mass is 292 g/mol. The van der Waals surface area contributed by atoms with E-state index in [0.717, 1.165) is 42.2 Å². The molecule has 0 N–H and O–H groups in total. The Morgan fingerprint density at radius 1 is 1.35 bits per heavy atom. The summed E-state index contributed by atoms with van der Waals surface area (Å²) in [6, 6.07) is 1.53. The van der Waals surface area contributed by atoms with Gasteiger partial charge in [-0.05, 0) is 25.2 Å². The Bertz CT molecular complexity index is 667. The van der Waals surface area contributed by atoms with Crippen molar-refractivity contribution in [3.05, 3.63) is 27.1 Å². The van der Waals surface area contributed by atoms with E-state index < -0.39 is 0 Å². The number of hydrogen-bond donors (Lipinski definition) is 0. The molecule has 108 valence electrons. The third-order valence-electron chi connectivity index (χ3n) is 3.72. The summed E-state index contributed by atoms with van der Waals surface area (Å²) in [5, 5.41) is 5.39. The smallest absolute Gasteiger partial charge is 0.275 e. The molecule has 1 saturated heterocycles. The second-order valence-electron chi connectivity index (χ2n) is 6.07. The summed E-state index contributed by atoms with van der Waals surface area (Å²) >= 11 is 1.52. The molecule has 0 unspecified atom stereocenters. The van der Waals surface area contributed by atoms with Gasteiger partial charge in [0.2, 0.25) is 4.96 Å². The average molecular weight is 292 g/mol. The van der Waals surface area contributed by atoms with Crippen LogP contribution in [0.25, 0.3) is 4.96 Å². The molecule has 0 spiro atoms. The van der Waals surface area contributed by atoms with E-state index in [0.29, 0.717) is 4.96 Å². The van der Waals surface area contributed by atoms with E-state index in [4.69, 9.17) is 0 Å². The zero-order valence-electron chi connectivity index (χ0n) is 12.2. The minimum absolute atomic E-state index is 0.0876. The summed E-state index contributed by atoms with van der Waals surface area (Å²) in [4.78, 5) is 19.4. The maximum Gasteiger partial charge on any atom is 0.275 e. The van der Waals surface area contributed by atoms with Gasteiger partial charge in [-0.25, -0.2) is 4.98 Å². The lowest BCUT2D eigenvalue weighted by molar-refractivity contribution is 0.134. The maximum atomic E-state index is 11.9. The summed E-state index contributed by atoms with van der Waals surface area (Å²) in [6.45, 7) is 9.49. The molecular formula is C14H20N4OS. The van der Waals surface area contributed by atoms with Crippen LogP contribution in [0.15, 0.2) is 10.9 Å². The zero-order chi connectivity index (χ0) is 14.3. The Hall–Kier alpha value is -1.27. The number of fused-ring (bicyclic) bond motifs is 1. The fraction of sp³-hybridized carbons (Fsp3) is 0.643. The van der Waals surface area contributed by atoms with Gasteiger partial charge in [0.25, 0.3) is 5.56 Å². The van der Waals surface area contributed by atoms with Gasteiger partial charge in [-0.1, -0.05) is 25.2 Å². The Balaban J connectivity index is 1.84. The predicted molar refractivity (Wildman–Crippen MR) is 80.1 cm³/mol. The van der Waals surface area contributed by atoms with Crippen LogP contribution >= 0.6 is 11.3 Å². The van der Waals surface area contributed by atoms with Gasteiger partial charge >= 0.3 is 0 Å². The van der Waals surface area contributed by atoms with Crippen molar-refractivity contribution in [2.75, 3.05) is 13.1 Å². The molecule has 3 rings (SSSR count). The second kappa shape index (κ2) is 5.26. The van der Waals surface area contributed by atoms with Gasteiger partial charge in [0.05, 0.1) is 6.54 Å². The van der Waals surface area contributed by atoms with Gasteiger partial charge in [-0.15, -0.1) is 0 Å². The van der Waals surface area contributed by atoms with Crippen LogP contribution in [0, 0.1) is 18.8 Å². The molecular weight excluding hydrogens is 272 g/mol. The summed E-state index contributed by atoms with van der Waals surface area (Å²) in [5.41, 5.74) is 0.667. The Kier molecular flexibility index (Phi) is 3.60. The molecule has 5 nitrogen and oxygen atoms in total. The van der Waals surface area contributed by atoms with Crippen molar-refractivity contribution < 1.29 is 0 Å². The first-order valence-electron chi connectivity index (χ1n) is 7.10. The quantitative estimate of drug-likeness (QED) is 0.849. The van der Waals surface area contributed by atoms with Gasteiger partial charge in [-0.3, -0.25) is 9.69 Å². The minimum atomic E-state index is -0.0876. The minimum Gasteiger partial charge on any atom is -0.296 e. The molecule has 0 bridgehead atoms. The maximum absolute atomic E-state index is 11.9. The Labute approximate surface area is 122 Å². The number of aromatic nitrogens is 3. The molecule has 0 radical (unpaired) electrons. The first-order valence-corrected chi connectivity index (χ1v) is 7.91. The lowest BCUT2D eigenvalue weighted by Crippen LogP contribution is -2.38. The summed E-state index contributed by atoms with van der Waals surface area (Å²) in [6.07, 6.45) is 1.30. The lowest BCUT2D eigenvalue weighted by Gasteiger charge is -2.34. The molecule has 6 heteroatoms. The third kappa shape index (κ3) is 2.76. The van der Waals surface area contributed by atoms with E-state index >= 15 is 0 Å². The third-order valence-corrected chi connectivity index (χ3v) is 4.61. The van der Waals surface area contributed by atoms with E-state index in [1.807, 2.05) is 6.92 Å². The number of hydrogen-bond acceptors (Lipinski definition) is 5. The average Bonchev–Trinajstić information content (AvgIpc) is 2.70. The van der Waals surface area contributed by atoms with E-state index in [1.165, 1.54) is 28.3 Å². The molecule has 0 aromatic carbocycles. The highest BCUT2D eigenvalue weighted by atomic mass is 32.1. The molecule has 1 aliphatic rings. The molecule has 20 heavy (non-hydrogen) atoms. The first-order chi connectivity index (χ1) is 9.51. The van der Waals surface area contributed by atoms with Gasteiger partial charge < -0.3 is 0 Å². The zero-order valence-corrected chi connectivity index (χ0v) is 13.0. The first kappa shape index (κ1) is 13.7. The highest BCUT2D eigenvalue weighted by Crippen LogP contribution is 2.23. The Morgan fingerprint density at radius 2 is 2.05 bits per heavy atom. The highest BCUT2D eigenvalue weighted by molar-refractivity contribution is 7.16. The van der Waals surface area contributed by atoms with Crippen molar-refractivity contribution >= 4 is 16.3 Å². The fourth-order valence-electron chi connectivity index (χ4n) is 3.14. The lowest BCUT2D eigenvalue weighted by atomic mass is 9.92. The summed E-state index contributed by atoms with van der Waals surface area (Å²) in [5.74, 6) is 1.47. The summed E-state index contributed by atoms with van der Waals surface area (Å²) < 4.78 is 1.42. The standard InChI is InChI=1S/C14H20N4OS/c1-9-4-10(2)7-17(6-9)8-12-16-18-13(19)5-11(3)15-14(18)20-12/h5,9-10H,4,6-8H2,1-3H3/t9-,10-/m1/s1. The molecule has 2 aromatic heterocycles. The van der Waals surface area contributed by atoms with Gasteiger partial charge in [0, 0.05) is 24.8 Å². The summed E-state index contributed by atoms with van der Waals surface area (Å²) in [7, 11) is 0. The van der Waals surface area contributed by atoms with Gasteiger partial charge in [0.1, 0.15) is 5.01 Å². The normalized spacial score (nSPS) is 24.4. The van der Waals surface area contributed by atoms with Crippen LogP contribution in [0.4, 0.5) is 0 Å². The number of likely N-dealkylation sites (tertiary alicyclic amines) is 1. The van der Waals surface area contributed by atoms with Gasteiger partial charge in [0.15, 0.2) is 0 Å². The molecule has 1 fully saturated rings. The molecule has 0 amide bonds. The number of rotatable bonds is 2. The van der Waals surface area contributed by atoms with Gasteiger partial charge in [-0.2, -0.15) is 9.61 Å². The van der Waals surface area contributed by atoms with Crippen molar-refractivity contribution in [1.29, 1.82) is 0 Å². The van der Waals surface area contributed by atoms with Crippen LogP contribution in [-0.4, -0.2) is 32.6 Å². The molecule has 2 atom stereocenters. The van der Waals surface area contributed by atoms with Crippen LogP contribution in [0.2, 0.25) is 0 Å². The van der Waals surface area contributed by atoms with E-state index in [9.17, 15) is 4.79 Å². The molecule has 0 aliphatic carbocycles.